The van der Waals surface area contributed by atoms with E-state index in [0.717, 1.165) is 48.8 Å². The van der Waals surface area contributed by atoms with E-state index in [4.69, 9.17) is 9.40 Å². The first kappa shape index (κ1) is 18.1. The number of hydrogen-bond acceptors (Lipinski definition) is 7. The van der Waals surface area contributed by atoms with Gasteiger partial charge in [-0.2, -0.15) is 4.68 Å². The molecule has 0 saturated carbocycles. The third kappa shape index (κ3) is 3.35. The Morgan fingerprint density at radius 1 is 1.14 bits per heavy atom. The lowest BCUT2D eigenvalue weighted by molar-refractivity contribution is 0.485. The zero-order chi connectivity index (χ0) is 19.8. The van der Waals surface area contributed by atoms with Crippen LogP contribution in [-0.4, -0.2) is 29.5 Å². The Labute approximate surface area is 171 Å². The Hall–Kier alpha value is -2.94. The van der Waals surface area contributed by atoms with E-state index in [0.29, 0.717) is 28.9 Å². The predicted octanol–water partition coefficient (Wildman–Crippen LogP) is 3.24. The van der Waals surface area contributed by atoms with Crippen LogP contribution in [0.2, 0.25) is 0 Å². The van der Waals surface area contributed by atoms with Crippen LogP contribution in [0.5, 0.6) is 0 Å². The summed E-state index contributed by atoms with van der Waals surface area (Å²) in [5.74, 6) is 2.14. The number of nitrogens with zero attached hydrogens (tertiary/aromatic N) is 6. The first-order chi connectivity index (χ1) is 14.2. The number of aryl methyl sites for hydroxylation is 1. The molecule has 0 bridgehead atoms. The Balaban J connectivity index is 1.63. The SMILES string of the molecule is Cc1nnc(CSc2nc3nn(-c4ccccc4)c(=O)c-3c3n2CCCCC3)o1. The lowest BCUT2D eigenvalue weighted by Crippen LogP contribution is -2.19. The highest BCUT2D eigenvalue weighted by Crippen LogP contribution is 2.31. The van der Waals surface area contributed by atoms with Crippen molar-refractivity contribution in [2.75, 3.05) is 0 Å². The van der Waals surface area contributed by atoms with Crippen molar-refractivity contribution < 1.29 is 4.42 Å². The molecule has 0 atom stereocenters. The van der Waals surface area contributed by atoms with Gasteiger partial charge in [-0.1, -0.05) is 36.4 Å². The van der Waals surface area contributed by atoms with Crippen LogP contribution >= 0.6 is 11.8 Å². The number of thioether (sulfide) groups is 1. The maximum Gasteiger partial charge on any atom is 0.284 e. The first-order valence-corrected chi connectivity index (χ1v) is 10.7. The van der Waals surface area contributed by atoms with E-state index in [2.05, 4.69) is 19.9 Å². The van der Waals surface area contributed by atoms with Crippen molar-refractivity contribution in [3.05, 3.63) is 58.2 Å². The third-order valence-electron chi connectivity index (χ3n) is 5.06. The second-order valence-corrected chi connectivity index (χ2v) is 8.00. The lowest BCUT2D eigenvalue weighted by Gasteiger charge is -2.17. The van der Waals surface area contributed by atoms with Crippen molar-refractivity contribution in [1.82, 2.24) is 29.5 Å². The van der Waals surface area contributed by atoms with Gasteiger partial charge in [-0.3, -0.25) is 4.79 Å². The zero-order valence-corrected chi connectivity index (χ0v) is 16.9. The minimum absolute atomic E-state index is 0.103. The molecule has 1 aromatic carbocycles. The molecule has 0 amide bonds. The quantitative estimate of drug-likeness (QED) is 0.378. The van der Waals surface area contributed by atoms with Gasteiger partial charge >= 0.3 is 0 Å². The molecule has 2 aromatic rings. The molecule has 29 heavy (non-hydrogen) atoms. The summed E-state index contributed by atoms with van der Waals surface area (Å²) in [7, 11) is 0. The normalized spacial score (nSPS) is 14.1. The number of fused-ring (bicyclic) bond motifs is 3. The number of para-hydroxylation sites is 1. The average molecular weight is 408 g/mol. The summed E-state index contributed by atoms with van der Waals surface area (Å²) in [5.41, 5.74) is 2.31. The highest BCUT2D eigenvalue weighted by Gasteiger charge is 2.27. The topological polar surface area (TPSA) is 91.6 Å². The van der Waals surface area contributed by atoms with Crippen LogP contribution < -0.4 is 5.56 Å². The fraction of sp³-hybridized carbons (Fsp3) is 0.350. The molecule has 0 aliphatic carbocycles. The number of benzene rings is 1. The summed E-state index contributed by atoms with van der Waals surface area (Å²) in [6, 6.07) is 9.49. The molecule has 0 N–H and O–H groups in total. The van der Waals surface area contributed by atoms with Crippen LogP contribution in [0.1, 0.15) is 36.7 Å². The van der Waals surface area contributed by atoms with Crippen molar-refractivity contribution in [3.8, 4) is 17.1 Å². The van der Waals surface area contributed by atoms with Gasteiger partial charge in [-0.15, -0.1) is 15.3 Å². The summed E-state index contributed by atoms with van der Waals surface area (Å²) in [6.45, 7) is 2.62. The van der Waals surface area contributed by atoms with Crippen LogP contribution in [0.4, 0.5) is 0 Å². The van der Waals surface area contributed by atoms with Crippen LogP contribution in [0.3, 0.4) is 0 Å². The predicted molar refractivity (Wildman–Crippen MR) is 108 cm³/mol. The monoisotopic (exact) mass is 408 g/mol. The van der Waals surface area contributed by atoms with E-state index in [1.807, 2.05) is 30.3 Å². The molecule has 0 spiro atoms. The molecule has 148 valence electrons. The second-order valence-electron chi connectivity index (χ2n) is 7.06. The van der Waals surface area contributed by atoms with Gasteiger partial charge in [0.05, 0.1) is 11.4 Å². The first-order valence-electron chi connectivity index (χ1n) is 9.70. The molecule has 9 heteroatoms. The second kappa shape index (κ2) is 7.47. The molecular weight excluding hydrogens is 388 g/mol. The highest BCUT2D eigenvalue weighted by atomic mass is 32.2. The minimum Gasteiger partial charge on any atom is -0.425 e. The van der Waals surface area contributed by atoms with Gasteiger partial charge in [0.25, 0.3) is 5.56 Å². The molecule has 0 radical (unpaired) electrons. The van der Waals surface area contributed by atoms with E-state index < -0.39 is 0 Å². The average Bonchev–Trinajstić information content (AvgIpc) is 3.20. The molecule has 4 heterocycles. The van der Waals surface area contributed by atoms with E-state index in [9.17, 15) is 4.79 Å². The van der Waals surface area contributed by atoms with Gasteiger partial charge in [-0.05, 0) is 31.4 Å². The molecule has 0 unspecified atom stereocenters. The summed E-state index contributed by atoms with van der Waals surface area (Å²) in [6.07, 6.45) is 4.11. The maximum atomic E-state index is 13.2. The Morgan fingerprint density at radius 3 is 2.79 bits per heavy atom. The Kier molecular flexibility index (Phi) is 4.67. The number of rotatable bonds is 4. The van der Waals surface area contributed by atoms with Gasteiger partial charge in [0.15, 0.2) is 11.0 Å². The van der Waals surface area contributed by atoms with E-state index in [1.54, 1.807) is 18.7 Å². The highest BCUT2D eigenvalue weighted by molar-refractivity contribution is 7.98. The van der Waals surface area contributed by atoms with Crippen LogP contribution in [0.15, 0.2) is 44.7 Å². The van der Waals surface area contributed by atoms with Crippen molar-refractivity contribution in [2.24, 2.45) is 0 Å². The van der Waals surface area contributed by atoms with E-state index >= 15 is 0 Å². The zero-order valence-electron chi connectivity index (χ0n) is 16.0. The molecular formula is C20H20N6O2S. The van der Waals surface area contributed by atoms with Gasteiger partial charge in [0, 0.05) is 19.2 Å². The van der Waals surface area contributed by atoms with Crippen molar-refractivity contribution in [3.63, 3.8) is 0 Å². The van der Waals surface area contributed by atoms with Gasteiger partial charge < -0.3 is 8.98 Å². The standard InChI is InChI=1S/C20H20N6O2S/c1-13-22-23-16(28-13)12-29-20-21-18-17(15-10-6-3-7-11-25(15)20)19(27)26(24-18)14-8-4-2-5-9-14/h2,4-5,8-9H,3,6-7,10-12H2,1H3. The molecule has 3 aliphatic heterocycles. The molecule has 5 rings (SSSR count). The number of hydrogen-bond donors (Lipinski definition) is 0. The van der Waals surface area contributed by atoms with Gasteiger partial charge in [0.1, 0.15) is 5.56 Å². The van der Waals surface area contributed by atoms with Crippen LogP contribution in [0.25, 0.3) is 17.1 Å². The summed E-state index contributed by atoms with van der Waals surface area (Å²) in [5, 5.41) is 13.3. The summed E-state index contributed by atoms with van der Waals surface area (Å²) >= 11 is 1.54. The fourth-order valence-electron chi connectivity index (χ4n) is 3.73. The third-order valence-corrected chi connectivity index (χ3v) is 6.02. The Bertz CT molecular complexity index is 1180. The number of aromatic nitrogens is 6. The largest absolute Gasteiger partial charge is 0.425 e. The van der Waals surface area contributed by atoms with Gasteiger partial charge in [0.2, 0.25) is 11.8 Å². The van der Waals surface area contributed by atoms with Crippen molar-refractivity contribution in [1.29, 1.82) is 0 Å². The molecule has 1 aromatic heterocycles. The van der Waals surface area contributed by atoms with Crippen molar-refractivity contribution >= 4 is 11.8 Å². The van der Waals surface area contributed by atoms with Crippen LogP contribution in [0, 0.1) is 6.92 Å². The molecule has 8 nitrogen and oxygen atoms in total. The molecule has 0 fully saturated rings. The Morgan fingerprint density at radius 2 is 2.00 bits per heavy atom. The summed E-state index contributed by atoms with van der Waals surface area (Å²) in [4.78, 5) is 18.0. The molecule has 3 aliphatic rings. The van der Waals surface area contributed by atoms with E-state index in [-0.39, 0.29) is 5.56 Å². The maximum absolute atomic E-state index is 13.2. The smallest absolute Gasteiger partial charge is 0.284 e. The minimum atomic E-state index is -0.103. The van der Waals surface area contributed by atoms with Crippen molar-refractivity contribution in [2.45, 2.75) is 50.1 Å². The fourth-order valence-corrected chi connectivity index (χ4v) is 4.61. The molecule has 0 saturated heterocycles. The van der Waals surface area contributed by atoms with Gasteiger partial charge in [-0.25, -0.2) is 4.98 Å². The summed E-state index contributed by atoms with van der Waals surface area (Å²) < 4.78 is 9.13. The lowest BCUT2D eigenvalue weighted by atomic mass is 10.1. The van der Waals surface area contributed by atoms with E-state index in [1.165, 1.54) is 4.68 Å². The van der Waals surface area contributed by atoms with Crippen LogP contribution in [-0.2, 0) is 18.7 Å².